The summed E-state index contributed by atoms with van der Waals surface area (Å²) in [5, 5.41) is 0. The molecule has 0 aliphatic heterocycles. The van der Waals surface area contributed by atoms with Crippen LogP contribution in [0, 0.1) is 27.7 Å². The summed E-state index contributed by atoms with van der Waals surface area (Å²) < 4.78 is 0. The van der Waals surface area contributed by atoms with E-state index < -0.39 is 0 Å². The summed E-state index contributed by atoms with van der Waals surface area (Å²) in [5.74, 6) is 0. The van der Waals surface area contributed by atoms with E-state index >= 15 is 0 Å². The maximum absolute atomic E-state index is 6.13. The second-order valence-electron chi connectivity index (χ2n) is 4.19. The van der Waals surface area contributed by atoms with Gasteiger partial charge in [0.25, 0.3) is 0 Å². The zero-order valence-electron chi connectivity index (χ0n) is 9.94. The fraction of sp³-hybridized carbons (Fsp3) is 0.538. The third-order valence-electron chi connectivity index (χ3n) is 3.23. The normalized spacial score (nSPS) is 13.0. The van der Waals surface area contributed by atoms with Crippen LogP contribution >= 0.6 is 0 Å². The van der Waals surface area contributed by atoms with Crippen LogP contribution in [0.1, 0.15) is 47.2 Å². The van der Waals surface area contributed by atoms with Crippen LogP contribution < -0.4 is 5.73 Å². The van der Waals surface area contributed by atoms with Crippen molar-refractivity contribution in [1.82, 2.24) is 0 Å². The minimum absolute atomic E-state index is 0.189. The molecular formula is C13H21N. The summed E-state index contributed by atoms with van der Waals surface area (Å²) in [5.41, 5.74) is 12.9. The van der Waals surface area contributed by atoms with E-state index in [-0.39, 0.29) is 6.04 Å². The van der Waals surface area contributed by atoms with Crippen molar-refractivity contribution >= 4 is 0 Å². The van der Waals surface area contributed by atoms with Crippen LogP contribution in [0.2, 0.25) is 0 Å². The van der Waals surface area contributed by atoms with E-state index in [1.165, 1.54) is 27.8 Å². The highest BCUT2D eigenvalue weighted by Gasteiger charge is 2.13. The molecule has 1 aromatic rings. The molecule has 0 unspecified atom stereocenters. The average molecular weight is 191 g/mol. The SMILES string of the molecule is CC[C@H](N)c1c(C)c(C)cc(C)c1C. The molecule has 1 atom stereocenters. The van der Waals surface area contributed by atoms with Gasteiger partial charge in [-0.3, -0.25) is 0 Å². The van der Waals surface area contributed by atoms with E-state index in [2.05, 4.69) is 40.7 Å². The fourth-order valence-corrected chi connectivity index (χ4v) is 2.01. The molecule has 0 saturated carbocycles. The number of rotatable bonds is 2. The third kappa shape index (κ3) is 1.83. The molecule has 2 N–H and O–H groups in total. The van der Waals surface area contributed by atoms with Crippen LogP contribution in [0.25, 0.3) is 0 Å². The Morgan fingerprint density at radius 1 is 1.07 bits per heavy atom. The van der Waals surface area contributed by atoms with Crippen molar-refractivity contribution in [2.75, 3.05) is 0 Å². The van der Waals surface area contributed by atoms with Crippen LogP contribution in [0.4, 0.5) is 0 Å². The third-order valence-corrected chi connectivity index (χ3v) is 3.23. The lowest BCUT2D eigenvalue weighted by molar-refractivity contribution is 0.687. The molecule has 1 heteroatoms. The second kappa shape index (κ2) is 4.14. The first-order valence-corrected chi connectivity index (χ1v) is 5.31. The highest BCUT2D eigenvalue weighted by molar-refractivity contribution is 5.45. The summed E-state index contributed by atoms with van der Waals surface area (Å²) in [6.07, 6.45) is 1.00. The van der Waals surface area contributed by atoms with Gasteiger partial charge in [-0.2, -0.15) is 0 Å². The standard InChI is InChI=1S/C13H21N/c1-6-12(14)13-10(4)8(2)7-9(3)11(13)5/h7,12H,6,14H2,1-5H3/t12-/m0/s1. The highest BCUT2D eigenvalue weighted by Crippen LogP contribution is 2.27. The largest absolute Gasteiger partial charge is 0.324 e. The first kappa shape index (κ1) is 11.3. The maximum Gasteiger partial charge on any atom is 0.0297 e. The average Bonchev–Trinajstić information content (AvgIpc) is 2.15. The Morgan fingerprint density at radius 2 is 1.50 bits per heavy atom. The molecule has 0 saturated heterocycles. The number of aryl methyl sites for hydroxylation is 2. The van der Waals surface area contributed by atoms with E-state index in [4.69, 9.17) is 5.73 Å². The quantitative estimate of drug-likeness (QED) is 0.762. The highest BCUT2D eigenvalue weighted by atomic mass is 14.6. The Balaban J connectivity index is 3.39. The molecule has 1 rings (SSSR count). The Hall–Kier alpha value is -0.820. The van der Waals surface area contributed by atoms with Crippen molar-refractivity contribution in [2.24, 2.45) is 5.73 Å². The Labute approximate surface area is 87.3 Å². The smallest absolute Gasteiger partial charge is 0.0297 e. The van der Waals surface area contributed by atoms with Gasteiger partial charge in [-0.05, 0) is 61.9 Å². The molecule has 0 bridgehead atoms. The lowest BCUT2D eigenvalue weighted by atomic mass is 9.89. The van der Waals surface area contributed by atoms with Crippen molar-refractivity contribution in [1.29, 1.82) is 0 Å². The zero-order valence-corrected chi connectivity index (χ0v) is 9.94. The lowest BCUT2D eigenvalue weighted by Crippen LogP contribution is -2.13. The molecule has 0 aliphatic carbocycles. The van der Waals surface area contributed by atoms with E-state index in [1.54, 1.807) is 0 Å². The van der Waals surface area contributed by atoms with Gasteiger partial charge in [-0.1, -0.05) is 13.0 Å². The van der Waals surface area contributed by atoms with E-state index in [0.29, 0.717) is 0 Å². The van der Waals surface area contributed by atoms with E-state index in [9.17, 15) is 0 Å². The summed E-state index contributed by atoms with van der Waals surface area (Å²) >= 11 is 0. The number of nitrogens with two attached hydrogens (primary N) is 1. The van der Waals surface area contributed by atoms with Crippen molar-refractivity contribution in [3.63, 3.8) is 0 Å². The molecule has 1 nitrogen and oxygen atoms in total. The lowest BCUT2D eigenvalue weighted by Gasteiger charge is -2.19. The van der Waals surface area contributed by atoms with Gasteiger partial charge in [0, 0.05) is 6.04 Å². The molecule has 0 aromatic heterocycles. The van der Waals surface area contributed by atoms with E-state index in [1.807, 2.05) is 0 Å². The predicted molar refractivity (Wildman–Crippen MR) is 62.6 cm³/mol. The van der Waals surface area contributed by atoms with Gasteiger partial charge in [0.1, 0.15) is 0 Å². The van der Waals surface area contributed by atoms with Gasteiger partial charge in [-0.15, -0.1) is 0 Å². The monoisotopic (exact) mass is 191 g/mol. The van der Waals surface area contributed by atoms with Crippen molar-refractivity contribution in [2.45, 2.75) is 47.1 Å². The Morgan fingerprint density at radius 3 is 1.86 bits per heavy atom. The molecule has 0 amide bonds. The van der Waals surface area contributed by atoms with Crippen molar-refractivity contribution in [3.05, 3.63) is 33.9 Å². The van der Waals surface area contributed by atoms with Crippen molar-refractivity contribution < 1.29 is 0 Å². The van der Waals surface area contributed by atoms with Crippen LogP contribution in [-0.4, -0.2) is 0 Å². The zero-order chi connectivity index (χ0) is 10.9. The summed E-state index contributed by atoms with van der Waals surface area (Å²) in [6, 6.07) is 2.44. The van der Waals surface area contributed by atoms with Crippen LogP contribution in [0.15, 0.2) is 6.07 Å². The van der Waals surface area contributed by atoms with Gasteiger partial charge >= 0.3 is 0 Å². The second-order valence-corrected chi connectivity index (χ2v) is 4.19. The molecule has 0 aliphatic rings. The molecule has 0 heterocycles. The molecule has 78 valence electrons. The number of hydrogen-bond donors (Lipinski definition) is 1. The van der Waals surface area contributed by atoms with Crippen molar-refractivity contribution in [3.8, 4) is 0 Å². The minimum Gasteiger partial charge on any atom is -0.324 e. The molecule has 1 aromatic carbocycles. The van der Waals surface area contributed by atoms with Gasteiger partial charge < -0.3 is 5.73 Å². The Kier molecular flexibility index (Phi) is 3.33. The first-order valence-electron chi connectivity index (χ1n) is 5.31. The summed E-state index contributed by atoms with van der Waals surface area (Å²) in [6.45, 7) is 10.8. The molecule has 0 spiro atoms. The molecule has 14 heavy (non-hydrogen) atoms. The Bertz CT molecular complexity index is 313. The van der Waals surface area contributed by atoms with Gasteiger partial charge in [0.15, 0.2) is 0 Å². The topological polar surface area (TPSA) is 26.0 Å². The minimum atomic E-state index is 0.189. The summed E-state index contributed by atoms with van der Waals surface area (Å²) in [7, 11) is 0. The van der Waals surface area contributed by atoms with Gasteiger partial charge in [0.2, 0.25) is 0 Å². The fourth-order valence-electron chi connectivity index (χ4n) is 2.01. The molecule has 0 radical (unpaired) electrons. The first-order chi connectivity index (χ1) is 6.49. The summed E-state index contributed by atoms with van der Waals surface area (Å²) in [4.78, 5) is 0. The number of hydrogen-bond acceptors (Lipinski definition) is 1. The van der Waals surface area contributed by atoms with Crippen LogP contribution in [-0.2, 0) is 0 Å². The maximum atomic E-state index is 6.13. The molecular weight excluding hydrogens is 170 g/mol. The number of benzene rings is 1. The molecule has 0 fully saturated rings. The van der Waals surface area contributed by atoms with Crippen LogP contribution in [0.3, 0.4) is 0 Å². The van der Waals surface area contributed by atoms with Gasteiger partial charge in [0.05, 0.1) is 0 Å². The van der Waals surface area contributed by atoms with E-state index in [0.717, 1.165) is 6.42 Å². The predicted octanol–water partition coefficient (Wildman–Crippen LogP) is 3.33. The van der Waals surface area contributed by atoms with Crippen LogP contribution in [0.5, 0.6) is 0 Å². The van der Waals surface area contributed by atoms with Gasteiger partial charge in [-0.25, -0.2) is 0 Å².